The number of hydrogen-bond acceptors (Lipinski definition) is 3. The molecule has 2 unspecified atom stereocenters. The van der Waals surface area contributed by atoms with E-state index in [2.05, 4.69) is 5.32 Å². The van der Waals surface area contributed by atoms with Crippen molar-refractivity contribution < 1.29 is 31.9 Å². The van der Waals surface area contributed by atoms with Crippen LogP contribution >= 0.6 is 0 Å². The fourth-order valence-corrected chi connectivity index (χ4v) is 3.40. The molecule has 2 aliphatic carbocycles. The summed E-state index contributed by atoms with van der Waals surface area (Å²) in [6.45, 7) is 0. The quantitative estimate of drug-likeness (QED) is 0.663. The Morgan fingerprint density at radius 1 is 1.08 bits per heavy atom. The molecule has 2 atom stereocenters. The first-order valence-electron chi connectivity index (χ1n) is 7.43. The third-order valence-electron chi connectivity index (χ3n) is 4.61. The van der Waals surface area contributed by atoms with Crippen LogP contribution < -0.4 is 5.32 Å². The fourth-order valence-electron chi connectivity index (χ4n) is 3.40. The van der Waals surface area contributed by atoms with Gasteiger partial charge in [0.2, 0.25) is 5.91 Å². The van der Waals surface area contributed by atoms with E-state index in [0.29, 0.717) is 31.4 Å². The molecule has 24 heavy (non-hydrogen) atoms. The number of carbonyl (C=O) groups is 3. The SMILES string of the molecule is O=C(Nc1ccc(F)c(C(F)(F)F)c1)C1C(=O)C2CCC(C2)C1=O. The average molecular weight is 343 g/mol. The average Bonchev–Trinajstić information content (AvgIpc) is 2.93. The number of fused-ring (bicyclic) bond motifs is 2. The molecule has 1 N–H and O–H groups in total. The number of halogens is 4. The zero-order chi connectivity index (χ0) is 17.6. The summed E-state index contributed by atoms with van der Waals surface area (Å²) >= 11 is 0. The van der Waals surface area contributed by atoms with Crippen LogP contribution in [0.3, 0.4) is 0 Å². The molecule has 0 heterocycles. The second-order valence-corrected chi connectivity index (χ2v) is 6.13. The van der Waals surface area contributed by atoms with Crippen LogP contribution in [0.5, 0.6) is 0 Å². The Bertz CT molecular complexity index is 707. The van der Waals surface area contributed by atoms with E-state index in [1.54, 1.807) is 0 Å². The molecule has 0 saturated heterocycles. The van der Waals surface area contributed by atoms with Gasteiger partial charge in [-0.3, -0.25) is 14.4 Å². The normalized spacial score (nSPS) is 26.6. The number of ketones is 2. The van der Waals surface area contributed by atoms with Crippen LogP contribution in [0.15, 0.2) is 18.2 Å². The maximum absolute atomic E-state index is 13.3. The number of anilines is 1. The molecule has 2 saturated carbocycles. The monoisotopic (exact) mass is 343 g/mol. The molecule has 1 aromatic carbocycles. The lowest BCUT2D eigenvalue weighted by Crippen LogP contribution is -2.44. The summed E-state index contributed by atoms with van der Waals surface area (Å²) < 4.78 is 51.3. The lowest BCUT2D eigenvalue weighted by atomic mass is 9.78. The fraction of sp³-hybridized carbons (Fsp3) is 0.438. The number of Topliss-reactive ketones (excluding diaryl/α,β-unsaturated/α-hetero) is 2. The van der Waals surface area contributed by atoms with Gasteiger partial charge >= 0.3 is 6.18 Å². The number of amides is 1. The second-order valence-electron chi connectivity index (χ2n) is 6.13. The van der Waals surface area contributed by atoms with Crippen molar-refractivity contribution in [3.05, 3.63) is 29.6 Å². The van der Waals surface area contributed by atoms with Crippen molar-refractivity contribution >= 4 is 23.2 Å². The summed E-state index contributed by atoms with van der Waals surface area (Å²) in [6.07, 6.45) is -3.38. The first-order chi connectivity index (χ1) is 11.2. The Kier molecular flexibility index (Phi) is 3.93. The zero-order valence-corrected chi connectivity index (χ0v) is 12.3. The van der Waals surface area contributed by atoms with Crippen LogP contribution in [-0.4, -0.2) is 17.5 Å². The van der Waals surface area contributed by atoms with Gasteiger partial charge in [-0.25, -0.2) is 4.39 Å². The van der Waals surface area contributed by atoms with Gasteiger partial charge in [-0.1, -0.05) is 0 Å². The van der Waals surface area contributed by atoms with E-state index in [-0.39, 0.29) is 17.5 Å². The maximum Gasteiger partial charge on any atom is 0.419 e. The molecule has 3 rings (SSSR count). The molecule has 8 heteroatoms. The van der Waals surface area contributed by atoms with Gasteiger partial charge in [0.15, 0.2) is 17.5 Å². The third-order valence-corrected chi connectivity index (χ3v) is 4.61. The van der Waals surface area contributed by atoms with Crippen LogP contribution in [0.4, 0.5) is 23.2 Å². The first-order valence-corrected chi connectivity index (χ1v) is 7.43. The smallest absolute Gasteiger partial charge is 0.325 e. The molecule has 0 radical (unpaired) electrons. The highest BCUT2D eigenvalue weighted by Gasteiger charge is 2.50. The van der Waals surface area contributed by atoms with Crippen molar-refractivity contribution in [3.63, 3.8) is 0 Å². The Labute approximate surface area is 134 Å². The van der Waals surface area contributed by atoms with Crippen molar-refractivity contribution in [2.75, 3.05) is 5.32 Å². The van der Waals surface area contributed by atoms with Gasteiger partial charge in [-0.15, -0.1) is 0 Å². The molecule has 128 valence electrons. The summed E-state index contributed by atoms with van der Waals surface area (Å²) in [5, 5.41) is 2.13. The number of alkyl halides is 3. The molecule has 2 bridgehead atoms. The van der Waals surface area contributed by atoms with Gasteiger partial charge in [-0.05, 0) is 37.5 Å². The van der Waals surface area contributed by atoms with Crippen LogP contribution in [0, 0.1) is 23.6 Å². The van der Waals surface area contributed by atoms with E-state index in [1.165, 1.54) is 0 Å². The summed E-state index contributed by atoms with van der Waals surface area (Å²) in [6, 6.07) is 1.97. The van der Waals surface area contributed by atoms with Crippen LogP contribution in [0.1, 0.15) is 24.8 Å². The molecule has 1 amide bonds. The third kappa shape index (κ3) is 2.81. The molecule has 2 aliphatic rings. The van der Waals surface area contributed by atoms with Crippen LogP contribution in [0.2, 0.25) is 0 Å². The molecule has 2 fully saturated rings. The Hall–Kier alpha value is -2.25. The lowest BCUT2D eigenvalue weighted by Gasteiger charge is -2.24. The molecule has 4 nitrogen and oxygen atoms in total. The number of carbonyl (C=O) groups excluding carboxylic acids is 3. The van der Waals surface area contributed by atoms with Crippen molar-refractivity contribution in [1.82, 2.24) is 0 Å². The Morgan fingerprint density at radius 3 is 2.21 bits per heavy atom. The summed E-state index contributed by atoms with van der Waals surface area (Å²) in [5.74, 6) is -5.57. The van der Waals surface area contributed by atoms with Gasteiger partial charge < -0.3 is 5.32 Å². The Morgan fingerprint density at radius 2 is 1.67 bits per heavy atom. The predicted octanol–water partition coefficient (Wildman–Crippen LogP) is 2.97. The van der Waals surface area contributed by atoms with Gasteiger partial charge in [0, 0.05) is 17.5 Å². The standard InChI is InChI=1S/C16H13F4NO3/c17-11-4-3-9(6-10(11)16(18,19)20)21-15(24)12-13(22)7-1-2-8(5-7)14(12)23/h3-4,6-8,12H,1-2,5H2,(H,21,24). The summed E-state index contributed by atoms with van der Waals surface area (Å²) in [7, 11) is 0. The van der Waals surface area contributed by atoms with Gasteiger partial charge in [0.1, 0.15) is 5.82 Å². The molecule has 0 aromatic heterocycles. The highest BCUT2D eigenvalue weighted by Crippen LogP contribution is 2.41. The molecule has 0 aliphatic heterocycles. The van der Waals surface area contributed by atoms with Gasteiger partial charge in [0.25, 0.3) is 0 Å². The van der Waals surface area contributed by atoms with E-state index < -0.39 is 40.9 Å². The highest BCUT2D eigenvalue weighted by molar-refractivity contribution is 6.24. The molecular weight excluding hydrogens is 330 g/mol. The van der Waals surface area contributed by atoms with Gasteiger partial charge in [-0.2, -0.15) is 13.2 Å². The van der Waals surface area contributed by atoms with Crippen molar-refractivity contribution in [1.29, 1.82) is 0 Å². The first kappa shape index (κ1) is 16.6. The van der Waals surface area contributed by atoms with Gasteiger partial charge in [0.05, 0.1) is 5.56 Å². The van der Waals surface area contributed by atoms with E-state index >= 15 is 0 Å². The van der Waals surface area contributed by atoms with Crippen molar-refractivity contribution in [2.24, 2.45) is 17.8 Å². The topological polar surface area (TPSA) is 63.2 Å². The molecule has 0 spiro atoms. The predicted molar refractivity (Wildman–Crippen MR) is 74.4 cm³/mol. The second kappa shape index (κ2) is 5.68. The van der Waals surface area contributed by atoms with E-state index in [0.717, 1.165) is 6.07 Å². The minimum absolute atomic E-state index is 0.313. The zero-order valence-electron chi connectivity index (χ0n) is 12.3. The van der Waals surface area contributed by atoms with E-state index in [1.807, 2.05) is 0 Å². The minimum atomic E-state index is -4.92. The Balaban J connectivity index is 1.83. The van der Waals surface area contributed by atoms with Crippen LogP contribution in [0.25, 0.3) is 0 Å². The molecule has 1 aromatic rings. The molecular formula is C16H13F4NO3. The largest absolute Gasteiger partial charge is 0.419 e. The summed E-state index contributed by atoms with van der Waals surface area (Å²) in [5.41, 5.74) is -1.84. The number of hydrogen-bond donors (Lipinski definition) is 1. The highest BCUT2D eigenvalue weighted by atomic mass is 19.4. The van der Waals surface area contributed by atoms with E-state index in [9.17, 15) is 31.9 Å². The number of nitrogens with one attached hydrogen (secondary N) is 1. The maximum atomic E-state index is 13.3. The lowest BCUT2D eigenvalue weighted by molar-refractivity contribution is -0.145. The number of rotatable bonds is 2. The van der Waals surface area contributed by atoms with Crippen molar-refractivity contribution in [3.8, 4) is 0 Å². The van der Waals surface area contributed by atoms with Crippen molar-refractivity contribution in [2.45, 2.75) is 25.4 Å². The minimum Gasteiger partial charge on any atom is -0.325 e. The summed E-state index contributed by atoms with van der Waals surface area (Å²) in [4.78, 5) is 36.6. The van der Waals surface area contributed by atoms with E-state index in [4.69, 9.17) is 0 Å². The number of benzene rings is 1. The van der Waals surface area contributed by atoms with Crippen LogP contribution in [-0.2, 0) is 20.6 Å².